The van der Waals surface area contributed by atoms with Crippen LogP contribution >= 0.6 is 15.9 Å². The lowest BCUT2D eigenvalue weighted by Crippen LogP contribution is -2.44. The first kappa shape index (κ1) is 14.4. The summed E-state index contributed by atoms with van der Waals surface area (Å²) in [6.07, 6.45) is 2.69. The van der Waals surface area contributed by atoms with E-state index in [9.17, 15) is 5.11 Å². The van der Waals surface area contributed by atoms with Crippen molar-refractivity contribution in [2.24, 2.45) is 0 Å². The Balaban J connectivity index is 2.29. The number of nitrogens with zero attached hydrogens (tertiary/aromatic N) is 1. The van der Waals surface area contributed by atoms with Crippen molar-refractivity contribution in [2.45, 2.75) is 32.4 Å². The molecule has 19 heavy (non-hydrogen) atoms. The number of hydrogen-bond donors (Lipinski definition) is 2. The number of benzene rings is 1. The molecule has 0 saturated heterocycles. The Hall–Kier alpha value is -0.970. The fourth-order valence-corrected chi connectivity index (χ4v) is 2.39. The lowest BCUT2D eigenvalue weighted by molar-refractivity contribution is 0.169. The summed E-state index contributed by atoms with van der Waals surface area (Å²) in [5.74, 6) is 0. The van der Waals surface area contributed by atoms with Gasteiger partial charge in [-0.25, -0.2) is 0 Å². The molecule has 0 radical (unpaired) electrons. The van der Waals surface area contributed by atoms with Gasteiger partial charge >= 0.3 is 0 Å². The SMILES string of the molecule is CCC(C)(CO)NCc1ccc(Br)c2cccnc12. The van der Waals surface area contributed by atoms with Gasteiger partial charge < -0.3 is 10.4 Å². The Morgan fingerprint density at radius 3 is 2.84 bits per heavy atom. The van der Waals surface area contributed by atoms with Crippen LogP contribution in [0.25, 0.3) is 10.9 Å². The van der Waals surface area contributed by atoms with Gasteiger partial charge in [-0.15, -0.1) is 0 Å². The zero-order chi connectivity index (χ0) is 13.9. The van der Waals surface area contributed by atoms with Crippen molar-refractivity contribution in [2.75, 3.05) is 6.61 Å². The number of halogens is 1. The van der Waals surface area contributed by atoms with Crippen LogP contribution in [0.3, 0.4) is 0 Å². The van der Waals surface area contributed by atoms with E-state index in [0.29, 0.717) is 6.54 Å². The summed E-state index contributed by atoms with van der Waals surface area (Å²) in [5, 5.41) is 14.0. The molecule has 0 bridgehead atoms. The van der Waals surface area contributed by atoms with Crippen LogP contribution in [-0.2, 0) is 6.54 Å². The number of aliphatic hydroxyl groups excluding tert-OH is 1. The number of rotatable bonds is 5. The topological polar surface area (TPSA) is 45.1 Å². The van der Waals surface area contributed by atoms with Gasteiger partial charge in [0.2, 0.25) is 0 Å². The molecule has 1 unspecified atom stereocenters. The minimum absolute atomic E-state index is 0.130. The minimum atomic E-state index is -0.242. The van der Waals surface area contributed by atoms with E-state index in [2.05, 4.69) is 45.3 Å². The quantitative estimate of drug-likeness (QED) is 0.888. The van der Waals surface area contributed by atoms with Gasteiger partial charge in [-0.2, -0.15) is 0 Å². The number of aromatic nitrogens is 1. The zero-order valence-electron chi connectivity index (χ0n) is 11.3. The van der Waals surface area contributed by atoms with Gasteiger partial charge in [-0.05, 0) is 31.0 Å². The molecular weight excluding hydrogens is 304 g/mol. The van der Waals surface area contributed by atoms with E-state index in [0.717, 1.165) is 27.4 Å². The van der Waals surface area contributed by atoms with Crippen molar-refractivity contribution in [3.05, 3.63) is 40.5 Å². The van der Waals surface area contributed by atoms with Gasteiger partial charge in [0.25, 0.3) is 0 Å². The molecule has 0 amide bonds. The zero-order valence-corrected chi connectivity index (χ0v) is 12.9. The van der Waals surface area contributed by atoms with Crippen LogP contribution in [0.5, 0.6) is 0 Å². The largest absolute Gasteiger partial charge is 0.394 e. The normalized spacial score (nSPS) is 14.5. The smallest absolute Gasteiger partial charge is 0.0758 e. The molecule has 2 rings (SSSR count). The molecule has 0 aliphatic heterocycles. The van der Waals surface area contributed by atoms with E-state index >= 15 is 0 Å². The minimum Gasteiger partial charge on any atom is -0.394 e. The highest BCUT2D eigenvalue weighted by molar-refractivity contribution is 9.10. The second kappa shape index (κ2) is 5.99. The maximum absolute atomic E-state index is 9.44. The summed E-state index contributed by atoms with van der Waals surface area (Å²) in [4.78, 5) is 4.46. The fourth-order valence-electron chi connectivity index (χ4n) is 1.94. The third kappa shape index (κ3) is 3.14. The molecule has 1 heterocycles. The highest BCUT2D eigenvalue weighted by atomic mass is 79.9. The van der Waals surface area contributed by atoms with Crippen LogP contribution in [0.2, 0.25) is 0 Å². The average Bonchev–Trinajstić information content (AvgIpc) is 2.46. The lowest BCUT2D eigenvalue weighted by Gasteiger charge is -2.27. The molecule has 4 heteroatoms. The Morgan fingerprint density at radius 2 is 2.16 bits per heavy atom. The second-order valence-corrected chi connectivity index (χ2v) is 5.89. The molecule has 1 aromatic carbocycles. The molecule has 3 nitrogen and oxygen atoms in total. The van der Waals surface area contributed by atoms with Gasteiger partial charge in [0, 0.05) is 28.1 Å². The number of aliphatic hydroxyl groups is 1. The summed E-state index contributed by atoms with van der Waals surface area (Å²) >= 11 is 3.55. The van der Waals surface area contributed by atoms with Crippen molar-refractivity contribution in [3.63, 3.8) is 0 Å². The maximum atomic E-state index is 9.44. The molecule has 1 atom stereocenters. The van der Waals surface area contributed by atoms with Crippen molar-refractivity contribution < 1.29 is 5.11 Å². The molecular formula is C15H19BrN2O. The van der Waals surface area contributed by atoms with Crippen molar-refractivity contribution >= 4 is 26.8 Å². The molecule has 0 aliphatic rings. The standard InChI is InChI=1S/C15H19BrN2O/c1-3-15(2,10-19)18-9-11-6-7-13(16)12-5-4-8-17-14(11)12/h4-8,18-19H,3,9-10H2,1-2H3. The maximum Gasteiger partial charge on any atom is 0.0758 e. The molecule has 2 N–H and O–H groups in total. The van der Waals surface area contributed by atoms with E-state index < -0.39 is 0 Å². The van der Waals surface area contributed by atoms with Gasteiger partial charge in [0.05, 0.1) is 12.1 Å². The first-order valence-electron chi connectivity index (χ1n) is 6.47. The summed E-state index contributed by atoms with van der Waals surface area (Å²) in [6, 6.07) is 8.11. The predicted molar refractivity (Wildman–Crippen MR) is 82.1 cm³/mol. The number of fused-ring (bicyclic) bond motifs is 1. The van der Waals surface area contributed by atoms with Gasteiger partial charge in [0.15, 0.2) is 0 Å². The van der Waals surface area contributed by atoms with E-state index in [4.69, 9.17) is 0 Å². The monoisotopic (exact) mass is 322 g/mol. The van der Waals surface area contributed by atoms with E-state index in [-0.39, 0.29) is 12.1 Å². The van der Waals surface area contributed by atoms with Crippen LogP contribution < -0.4 is 5.32 Å². The third-order valence-corrected chi connectivity index (χ3v) is 4.33. The molecule has 0 fully saturated rings. The van der Waals surface area contributed by atoms with E-state index in [1.165, 1.54) is 0 Å². The summed E-state index contributed by atoms with van der Waals surface area (Å²) < 4.78 is 1.06. The predicted octanol–water partition coefficient (Wildman–Crippen LogP) is 3.25. The Morgan fingerprint density at radius 1 is 1.37 bits per heavy atom. The number of pyridine rings is 1. The van der Waals surface area contributed by atoms with Crippen molar-refractivity contribution in [1.82, 2.24) is 10.3 Å². The Kier molecular flexibility index (Phi) is 4.55. The highest BCUT2D eigenvalue weighted by Gasteiger charge is 2.20. The average molecular weight is 323 g/mol. The summed E-state index contributed by atoms with van der Waals surface area (Å²) in [6.45, 7) is 4.93. The highest BCUT2D eigenvalue weighted by Crippen LogP contribution is 2.25. The molecule has 102 valence electrons. The van der Waals surface area contributed by atoms with E-state index in [1.54, 1.807) is 0 Å². The molecule has 1 aromatic heterocycles. The fraction of sp³-hybridized carbons (Fsp3) is 0.400. The van der Waals surface area contributed by atoms with Crippen molar-refractivity contribution in [1.29, 1.82) is 0 Å². The number of hydrogen-bond acceptors (Lipinski definition) is 3. The first-order valence-corrected chi connectivity index (χ1v) is 7.27. The second-order valence-electron chi connectivity index (χ2n) is 5.03. The van der Waals surface area contributed by atoms with Crippen LogP contribution in [0.1, 0.15) is 25.8 Å². The van der Waals surface area contributed by atoms with Crippen molar-refractivity contribution in [3.8, 4) is 0 Å². The van der Waals surface area contributed by atoms with Crippen LogP contribution in [-0.4, -0.2) is 22.2 Å². The Bertz CT molecular complexity index is 567. The van der Waals surface area contributed by atoms with Crippen LogP contribution in [0.4, 0.5) is 0 Å². The Labute approximate surface area is 122 Å². The van der Waals surface area contributed by atoms with Gasteiger partial charge in [0.1, 0.15) is 0 Å². The summed E-state index contributed by atoms with van der Waals surface area (Å²) in [7, 11) is 0. The molecule has 2 aromatic rings. The molecule has 0 spiro atoms. The molecule has 0 aliphatic carbocycles. The molecule has 0 saturated carbocycles. The van der Waals surface area contributed by atoms with Gasteiger partial charge in [-0.3, -0.25) is 4.98 Å². The van der Waals surface area contributed by atoms with Crippen LogP contribution in [0.15, 0.2) is 34.9 Å². The van der Waals surface area contributed by atoms with E-state index in [1.807, 2.05) is 25.3 Å². The third-order valence-electron chi connectivity index (χ3n) is 3.63. The summed E-state index contributed by atoms with van der Waals surface area (Å²) in [5.41, 5.74) is 1.90. The lowest BCUT2D eigenvalue weighted by atomic mass is 9.99. The van der Waals surface area contributed by atoms with Crippen LogP contribution in [0, 0.1) is 0 Å². The van der Waals surface area contributed by atoms with Gasteiger partial charge in [-0.1, -0.05) is 35.0 Å². The first-order chi connectivity index (χ1) is 9.09. The number of nitrogens with one attached hydrogen (secondary N) is 1.